The fourth-order valence-electron chi connectivity index (χ4n) is 2.64. The van der Waals surface area contributed by atoms with Crippen LogP contribution in [0.4, 0.5) is 5.69 Å². The first-order valence-corrected chi connectivity index (χ1v) is 6.97. The third kappa shape index (κ3) is 2.57. The Morgan fingerprint density at radius 2 is 2.18 bits per heavy atom. The molecule has 1 atom stereocenters. The van der Waals surface area contributed by atoms with Gasteiger partial charge in [0.2, 0.25) is 11.8 Å². The predicted molar refractivity (Wildman–Crippen MR) is 76.5 cm³/mol. The summed E-state index contributed by atoms with van der Waals surface area (Å²) in [6.45, 7) is 1.87. The van der Waals surface area contributed by atoms with E-state index in [1.165, 1.54) is 4.90 Å². The predicted octanol–water partition coefficient (Wildman–Crippen LogP) is 1.53. The van der Waals surface area contributed by atoms with Crippen LogP contribution in [0.3, 0.4) is 0 Å². The number of hydrogen-bond acceptors (Lipinski definition) is 5. The molecule has 1 N–H and O–H groups in total. The zero-order chi connectivity index (χ0) is 15.7. The summed E-state index contributed by atoms with van der Waals surface area (Å²) in [6, 6.07) is 7.10. The standard InChI is InChI=1S/C15H15N3O4/c1-9-16-13(22-17-9)6-7-14(19)18-8-11(15(20)21)10-4-2-3-5-12(10)18/h2-5,11H,6-8H2,1H3,(H,20,21). The van der Waals surface area contributed by atoms with Gasteiger partial charge in [-0.15, -0.1) is 0 Å². The minimum atomic E-state index is -0.921. The monoisotopic (exact) mass is 301 g/mol. The Bertz CT molecular complexity index is 725. The van der Waals surface area contributed by atoms with Crippen LogP contribution in [0.5, 0.6) is 0 Å². The maximum Gasteiger partial charge on any atom is 0.312 e. The van der Waals surface area contributed by atoms with Crippen molar-refractivity contribution in [2.75, 3.05) is 11.4 Å². The summed E-state index contributed by atoms with van der Waals surface area (Å²) in [7, 11) is 0. The second kappa shape index (κ2) is 5.59. The summed E-state index contributed by atoms with van der Waals surface area (Å²) >= 11 is 0. The molecule has 1 aromatic heterocycles. The van der Waals surface area contributed by atoms with Crippen LogP contribution in [0.1, 0.15) is 29.6 Å². The average molecular weight is 301 g/mol. The highest BCUT2D eigenvalue weighted by Crippen LogP contribution is 2.36. The molecule has 22 heavy (non-hydrogen) atoms. The molecule has 1 unspecified atom stereocenters. The van der Waals surface area contributed by atoms with Gasteiger partial charge in [0, 0.05) is 25.1 Å². The van der Waals surface area contributed by atoms with Gasteiger partial charge in [0.05, 0.1) is 0 Å². The van der Waals surface area contributed by atoms with Gasteiger partial charge in [-0.1, -0.05) is 23.4 Å². The zero-order valence-corrected chi connectivity index (χ0v) is 12.0. The fourth-order valence-corrected chi connectivity index (χ4v) is 2.64. The van der Waals surface area contributed by atoms with Crippen LogP contribution >= 0.6 is 0 Å². The number of carbonyl (C=O) groups excluding carboxylic acids is 1. The molecule has 0 aliphatic carbocycles. The number of anilines is 1. The van der Waals surface area contributed by atoms with Gasteiger partial charge in [-0.05, 0) is 18.6 Å². The Kier molecular flexibility index (Phi) is 3.62. The molecule has 0 fully saturated rings. The van der Waals surface area contributed by atoms with Gasteiger partial charge >= 0.3 is 5.97 Å². The van der Waals surface area contributed by atoms with E-state index in [1.54, 1.807) is 31.2 Å². The average Bonchev–Trinajstić information content (AvgIpc) is 3.08. The van der Waals surface area contributed by atoms with Gasteiger partial charge in [0.15, 0.2) is 5.82 Å². The molecule has 0 spiro atoms. The molecule has 7 nitrogen and oxygen atoms in total. The number of carboxylic acid groups (broad SMARTS) is 1. The largest absolute Gasteiger partial charge is 0.481 e. The number of carboxylic acids is 1. The molecule has 0 saturated heterocycles. The van der Waals surface area contributed by atoms with E-state index < -0.39 is 11.9 Å². The molecule has 1 amide bonds. The van der Waals surface area contributed by atoms with Gasteiger partial charge in [0.25, 0.3) is 0 Å². The van der Waals surface area contributed by atoms with Crippen LogP contribution in [-0.4, -0.2) is 33.7 Å². The SMILES string of the molecule is Cc1noc(CCC(=O)N2CC(C(=O)O)c3ccccc32)n1. The molecule has 1 aliphatic rings. The van der Waals surface area contributed by atoms with Gasteiger partial charge in [-0.25, -0.2) is 0 Å². The maximum absolute atomic E-state index is 12.4. The number of para-hydroxylation sites is 1. The molecule has 1 aromatic carbocycles. The van der Waals surface area contributed by atoms with Crippen LogP contribution in [0.2, 0.25) is 0 Å². The number of carbonyl (C=O) groups is 2. The van der Waals surface area contributed by atoms with E-state index in [1.807, 2.05) is 0 Å². The number of rotatable bonds is 4. The fraction of sp³-hybridized carbons (Fsp3) is 0.333. The summed E-state index contributed by atoms with van der Waals surface area (Å²) in [5.74, 6) is -0.804. The lowest BCUT2D eigenvalue weighted by molar-refractivity contribution is -0.138. The quantitative estimate of drug-likeness (QED) is 0.919. The summed E-state index contributed by atoms with van der Waals surface area (Å²) < 4.78 is 4.98. The minimum Gasteiger partial charge on any atom is -0.481 e. The lowest BCUT2D eigenvalue weighted by Gasteiger charge is -2.16. The van der Waals surface area contributed by atoms with Crippen LogP contribution in [-0.2, 0) is 16.0 Å². The van der Waals surface area contributed by atoms with Crippen LogP contribution in [0.15, 0.2) is 28.8 Å². The topological polar surface area (TPSA) is 96.5 Å². The van der Waals surface area contributed by atoms with Crippen molar-refractivity contribution >= 4 is 17.6 Å². The highest BCUT2D eigenvalue weighted by Gasteiger charge is 2.36. The first-order valence-electron chi connectivity index (χ1n) is 6.97. The van der Waals surface area contributed by atoms with E-state index >= 15 is 0 Å². The number of aryl methyl sites for hydroxylation is 2. The van der Waals surface area contributed by atoms with Crippen molar-refractivity contribution in [3.63, 3.8) is 0 Å². The molecular formula is C15H15N3O4. The van der Waals surface area contributed by atoms with Crippen molar-refractivity contribution in [1.82, 2.24) is 10.1 Å². The molecule has 1 aliphatic heterocycles. The first kappa shape index (κ1) is 14.2. The second-order valence-corrected chi connectivity index (χ2v) is 5.19. The molecule has 2 heterocycles. The Morgan fingerprint density at radius 1 is 1.41 bits per heavy atom. The summed E-state index contributed by atoms with van der Waals surface area (Å²) in [6.07, 6.45) is 0.540. The van der Waals surface area contributed by atoms with Crippen LogP contribution < -0.4 is 4.90 Å². The molecule has 2 aromatic rings. The minimum absolute atomic E-state index is 0.146. The Balaban J connectivity index is 1.74. The maximum atomic E-state index is 12.4. The van der Waals surface area contributed by atoms with Crippen molar-refractivity contribution in [3.8, 4) is 0 Å². The molecule has 0 saturated carbocycles. The normalized spacial score (nSPS) is 16.6. The summed E-state index contributed by atoms with van der Waals surface area (Å²) in [5, 5.41) is 13.0. The van der Waals surface area contributed by atoms with Crippen molar-refractivity contribution in [2.24, 2.45) is 0 Å². The third-order valence-electron chi connectivity index (χ3n) is 3.69. The smallest absolute Gasteiger partial charge is 0.312 e. The van der Waals surface area contributed by atoms with E-state index in [-0.39, 0.29) is 18.9 Å². The lowest BCUT2D eigenvalue weighted by Crippen LogP contribution is -2.31. The van der Waals surface area contributed by atoms with Crippen LogP contribution in [0, 0.1) is 6.92 Å². The van der Waals surface area contributed by atoms with E-state index in [4.69, 9.17) is 4.52 Å². The highest BCUT2D eigenvalue weighted by atomic mass is 16.5. The van der Waals surface area contributed by atoms with Crippen molar-refractivity contribution in [2.45, 2.75) is 25.7 Å². The van der Waals surface area contributed by atoms with E-state index in [0.29, 0.717) is 29.4 Å². The van der Waals surface area contributed by atoms with Gasteiger partial charge < -0.3 is 14.5 Å². The number of aromatic nitrogens is 2. The summed E-state index contributed by atoms with van der Waals surface area (Å²) in [4.78, 5) is 29.3. The van der Waals surface area contributed by atoms with Crippen LogP contribution in [0.25, 0.3) is 0 Å². The number of amides is 1. The van der Waals surface area contributed by atoms with Gasteiger partial charge in [-0.2, -0.15) is 4.98 Å². The van der Waals surface area contributed by atoms with E-state index in [0.717, 1.165) is 0 Å². The molecule has 0 radical (unpaired) electrons. The lowest BCUT2D eigenvalue weighted by atomic mass is 10.0. The Morgan fingerprint density at radius 3 is 2.86 bits per heavy atom. The molecule has 114 valence electrons. The number of nitrogens with zero attached hydrogens (tertiary/aromatic N) is 3. The molecule has 0 bridgehead atoms. The molecular weight excluding hydrogens is 286 g/mol. The highest BCUT2D eigenvalue weighted by molar-refractivity contribution is 5.98. The van der Waals surface area contributed by atoms with E-state index in [9.17, 15) is 14.7 Å². The number of aliphatic carboxylic acids is 1. The van der Waals surface area contributed by atoms with Crippen molar-refractivity contribution < 1.29 is 19.2 Å². The van der Waals surface area contributed by atoms with Gasteiger partial charge in [-0.3, -0.25) is 9.59 Å². The molecule has 3 rings (SSSR count). The zero-order valence-electron chi connectivity index (χ0n) is 12.0. The Hall–Kier alpha value is -2.70. The third-order valence-corrected chi connectivity index (χ3v) is 3.69. The molecule has 7 heteroatoms. The number of benzene rings is 1. The second-order valence-electron chi connectivity index (χ2n) is 5.19. The Labute approximate surface area is 126 Å². The van der Waals surface area contributed by atoms with Crippen molar-refractivity contribution in [3.05, 3.63) is 41.5 Å². The summed E-state index contributed by atoms with van der Waals surface area (Å²) in [5.41, 5.74) is 1.35. The first-order chi connectivity index (χ1) is 10.6. The number of hydrogen-bond donors (Lipinski definition) is 1. The van der Waals surface area contributed by atoms with Crippen molar-refractivity contribution in [1.29, 1.82) is 0 Å². The van der Waals surface area contributed by atoms with E-state index in [2.05, 4.69) is 10.1 Å². The number of fused-ring (bicyclic) bond motifs is 1. The van der Waals surface area contributed by atoms with Gasteiger partial charge in [0.1, 0.15) is 5.92 Å².